The average Bonchev–Trinajstić information content (AvgIpc) is 3.51. The van der Waals surface area contributed by atoms with Crippen molar-refractivity contribution in [3.05, 3.63) is 77.1 Å². The van der Waals surface area contributed by atoms with Crippen LogP contribution in [0.2, 0.25) is 0 Å². The number of hydrogen-bond acceptors (Lipinski definition) is 10. The summed E-state index contributed by atoms with van der Waals surface area (Å²) in [4.78, 5) is 37.7. The molecule has 51 heavy (non-hydrogen) atoms. The normalized spacial score (nSPS) is 18.2. The summed E-state index contributed by atoms with van der Waals surface area (Å²) in [6.07, 6.45) is 3.29. The Morgan fingerprint density at radius 2 is 1.73 bits per heavy atom. The molecule has 1 saturated heterocycles. The third-order valence-electron chi connectivity index (χ3n) is 9.42. The fourth-order valence-corrected chi connectivity index (χ4v) is 6.58. The van der Waals surface area contributed by atoms with Crippen LogP contribution in [0, 0.1) is 0 Å². The lowest BCUT2D eigenvalue weighted by Crippen LogP contribution is -2.53. The molecule has 3 amide bonds. The third-order valence-corrected chi connectivity index (χ3v) is 9.42. The predicted octanol–water partition coefficient (Wildman–Crippen LogP) is 4.58. The molecule has 0 spiro atoms. The topological polar surface area (TPSA) is 157 Å². The van der Waals surface area contributed by atoms with Gasteiger partial charge in [-0.25, -0.2) is 14.8 Å². The minimum Gasteiger partial charge on any atom is -0.484 e. The number of benzene rings is 1. The molecule has 2 atom stereocenters. The molecule has 272 valence electrons. The monoisotopic (exact) mass is 699 g/mol. The molecule has 0 bridgehead atoms. The number of nitrogens with one attached hydrogen (secondary N) is 3. The molecular formula is C37H49N9O5. The number of rotatable bonds is 12. The second kappa shape index (κ2) is 14.9. The van der Waals surface area contributed by atoms with Gasteiger partial charge in [-0.2, -0.15) is 0 Å². The van der Waals surface area contributed by atoms with Crippen molar-refractivity contribution >= 4 is 23.4 Å². The fraction of sp³-hybridized carbons (Fsp3) is 0.514. The number of aromatic nitrogens is 5. The van der Waals surface area contributed by atoms with Crippen molar-refractivity contribution in [1.29, 1.82) is 0 Å². The van der Waals surface area contributed by atoms with E-state index in [2.05, 4.69) is 54.9 Å². The van der Waals surface area contributed by atoms with Crippen LogP contribution in [-0.2, 0) is 20.3 Å². The van der Waals surface area contributed by atoms with E-state index in [1.807, 2.05) is 67.8 Å². The van der Waals surface area contributed by atoms with Gasteiger partial charge >= 0.3 is 6.03 Å². The highest BCUT2D eigenvalue weighted by molar-refractivity contribution is 5.92. The molecule has 0 radical (unpaired) electrons. The molecule has 2 aliphatic rings. The first-order valence-corrected chi connectivity index (χ1v) is 17.4. The average molecular weight is 700 g/mol. The van der Waals surface area contributed by atoms with Crippen LogP contribution in [-0.4, -0.2) is 94.5 Å². The van der Waals surface area contributed by atoms with Crippen LogP contribution in [0.15, 0.2) is 48.7 Å². The highest BCUT2D eigenvalue weighted by Crippen LogP contribution is 2.39. The van der Waals surface area contributed by atoms with Gasteiger partial charge < -0.3 is 24.8 Å². The number of urea groups is 1. The van der Waals surface area contributed by atoms with Gasteiger partial charge in [0.25, 0.3) is 5.91 Å². The van der Waals surface area contributed by atoms with E-state index in [1.165, 1.54) is 0 Å². The Kier molecular flexibility index (Phi) is 10.6. The molecule has 1 aromatic carbocycles. The van der Waals surface area contributed by atoms with Gasteiger partial charge in [-0.05, 0) is 36.1 Å². The largest absolute Gasteiger partial charge is 0.484 e. The molecule has 1 fully saturated rings. The van der Waals surface area contributed by atoms with Crippen LogP contribution in [0.3, 0.4) is 0 Å². The summed E-state index contributed by atoms with van der Waals surface area (Å²) in [5, 5.41) is 17.7. The zero-order valence-corrected chi connectivity index (χ0v) is 30.5. The van der Waals surface area contributed by atoms with Crippen LogP contribution in [0.5, 0.6) is 5.75 Å². The van der Waals surface area contributed by atoms with E-state index in [9.17, 15) is 9.59 Å². The number of nitrogens with zero attached hydrogens (tertiary/aromatic N) is 6. The molecule has 4 aromatic rings. The van der Waals surface area contributed by atoms with Gasteiger partial charge in [0.05, 0.1) is 30.6 Å². The van der Waals surface area contributed by atoms with Crippen LogP contribution >= 0.6 is 0 Å². The maximum Gasteiger partial charge on any atom is 0.320 e. The number of carbonyl (C=O) groups excluding carboxylic acids is 2. The number of ether oxygens (including phenoxy) is 3. The minimum absolute atomic E-state index is 0.0122. The van der Waals surface area contributed by atoms with E-state index in [0.717, 1.165) is 35.7 Å². The molecule has 3 aromatic heterocycles. The van der Waals surface area contributed by atoms with Crippen molar-refractivity contribution in [1.82, 2.24) is 40.1 Å². The van der Waals surface area contributed by atoms with E-state index in [4.69, 9.17) is 14.2 Å². The van der Waals surface area contributed by atoms with Gasteiger partial charge in [0.1, 0.15) is 23.5 Å². The molecule has 1 aliphatic carbocycles. The van der Waals surface area contributed by atoms with Crippen molar-refractivity contribution in [3.8, 4) is 5.75 Å². The summed E-state index contributed by atoms with van der Waals surface area (Å²) in [6.45, 7) is 13.5. The summed E-state index contributed by atoms with van der Waals surface area (Å²) < 4.78 is 19.3. The van der Waals surface area contributed by atoms with Crippen LogP contribution < -0.4 is 20.7 Å². The van der Waals surface area contributed by atoms with Gasteiger partial charge in [0, 0.05) is 57.3 Å². The van der Waals surface area contributed by atoms with Gasteiger partial charge in [0.15, 0.2) is 5.65 Å². The van der Waals surface area contributed by atoms with Gasteiger partial charge in [0.2, 0.25) is 5.82 Å². The third kappa shape index (κ3) is 8.29. The van der Waals surface area contributed by atoms with Gasteiger partial charge in [-0.3, -0.25) is 19.4 Å². The molecular weight excluding hydrogens is 650 g/mol. The van der Waals surface area contributed by atoms with E-state index in [1.54, 1.807) is 20.3 Å². The number of pyridine rings is 1. The first kappa shape index (κ1) is 36.1. The Balaban J connectivity index is 1.13. The Morgan fingerprint density at radius 3 is 2.45 bits per heavy atom. The zero-order valence-electron chi connectivity index (χ0n) is 30.5. The molecule has 1 aliphatic heterocycles. The van der Waals surface area contributed by atoms with Crippen LogP contribution in [0.25, 0.3) is 5.65 Å². The number of amides is 3. The lowest BCUT2D eigenvalue weighted by molar-refractivity contribution is -0.0281. The summed E-state index contributed by atoms with van der Waals surface area (Å²) in [6, 6.07) is 12.8. The van der Waals surface area contributed by atoms with Crippen molar-refractivity contribution in [2.24, 2.45) is 0 Å². The summed E-state index contributed by atoms with van der Waals surface area (Å²) >= 11 is 0. The highest BCUT2D eigenvalue weighted by Gasteiger charge is 2.31. The molecule has 4 heterocycles. The molecule has 14 nitrogen and oxygen atoms in total. The maximum atomic E-state index is 13.4. The quantitative estimate of drug-likeness (QED) is 0.191. The maximum absolute atomic E-state index is 13.4. The van der Waals surface area contributed by atoms with Gasteiger partial charge in [-0.15, -0.1) is 10.2 Å². The summed E-state index contributed by atoms with van der Waals surface area (Å²) in [5.74, 6) is 1.36. The van der Waals surface area contributed by atoms with Crippen LogP contribution in [0.1, 0.15) is 92.9 Å². The molecule has 6 rings (SSSR count). The van der Waals surface area contributed by atoms with E-state index in [-0.39, 0.29) is 46.6 Å². The number of methoxy groups -OCH3 is 2. The van der Waals surface area contributed by atoms with Crippen molar-refractivity contribution < 1.29 is 23.8 Å². The number of fused-ring (bicyclic) bond motifs is 2. The SMILES string of the molecule is COCC(C)(C)c1nnc2ccc(O[C@@H]3CC[C@H](NC(=O)Nc4cc(C(C)(C)C)nc(C(=O)NCCN5CC(OC)C5)n4)c4ccccc43)cn12. The Labute approximate surface area is 298 Å². The first-order chi connectivity index (χ1) is 24.3. The summed E-state index contributed by atoms with van der Waals surface area (Å²) in [7, 11) is 3.38. The Hall–Kier alpha value is -4.66. The van der Waals surface area contributed by atoms with E-state index < -0.39 is 6.03 Å². The van der Waals surface area contributed by atoms with Crippen molar-refractivity contribution in [2.75, 3.05) is 52.3 Å². The highest BCUT2D eigenvalue weighted by atomic mass is 16.5. The molecule has 0 saturated carbocycles. The Bertz CT molecular complexity index is 1860. The predicted molar refractivity (Wildman–Crippen MR) is 192 cm³/mol. The number of carbonyl (C=O) groups is 2. The number of likely N-dealkylation sites (tertiary alicyclic amines) is 1. The minimum atomic E-state index is -0.422. The zero-order chi connectivity index (χ0) is 36.3. The summed E-state index contributed by atoms with van der Waals surface area (Å²) in [5.41, 5.74) is 2.63. The molecule has 0 unspecified atom stereocenters. The second-order valence-corrected chi connectivity index (χ2v) is 15.0. The Morgan fingerprint density at radius 1 is 0.961 bits per heavy atom. The first-order valence-electron chi connectivity index (χ1n) is 17.4. The molecule has 3 N–H and O–H groups in total. The lowest BCUT2D eigenvalue weighted by atomic mass is 9.85. The lowest BCUT2D eigenvalue weighted by Gasteiger charge is -2.38. The van der Waals surface area contributed by atoms with Gasteiger partial charge in [-0.1, -0.05) is 58.9 Å². The van der Waals surface area contributed by atoms with Crippen LogP contribution in [0.4, 0.5) is 10.6 Å². The standard InChI is InChI=1S/C37H49N9O5/c1-36(2,3)29-18-30(41-32(40-29)33(47)38-16-17-45-19-24(20-45)50-7)42-35(48)39-27-13-14-28(26-11-9-8-10-25(26)27)51-23-12-15-31-43-44-34(46(31)21-23)37(4,5)22-49-6/h8-12,15,18,21,24,27-28H,13-14,16-17,19-20,22H2,1-7H3,(H,38,47)(H2,39,40,41,42,48)/t27-,28+/m0/s1. The van der Waals surface area contributed by atoms with E-state index >= 15 is 0 Å². The molecule has 14 heteroatoms. The second-order valence-electron chi connectivity index (χ2n) is 15.0. The van der Waals surface area contributed by atoms with Crippen molar-refractivity contribution in [2.45, 2.75) is 76.5 Å². The smallest absolute Gasteiger partial charge is 0.320 e. The van der Waals surface area contributed by atoms with Crippen molar-refractivity contribution in [3.63, 3.8) is 0 Å². The fourth-order valence-electron chi connectivity index (χ4n) is 6.58. The number of hydrogen-bond donors (Lipinski definition) is 3. The number of anilines is 1. The van der Waals surface area contributed by atoms with E-state index in [0.29, 0.717) is 44.0 Å².